The highest BCUT2D eigenvalue weighted by Crippen LogP contribution is 2.31. The number of thiophene rings is 1. The minimum Gasteiger partial charge on any atom is -0.394 e. The number of ether oxygens (including phenoxy) is 1. The van der Waals surface area contributed by atoms with Crippen molar-refractivity contribution in [2.75, 3.05) is 26.4 Å². The SMILES string of the molecule is OCC#Cc1csc(CN2CCO[C@H](CO)[C@H]2c2ccccc2)c1. The largest absolute Gasteiger partial charge is 0.394 e. The van der Waals surface area contributed by atoms with Crippen LogP contribution in [0, 0.1) is 11.8 Å². The van der Waals surface area contributed by atoms with Gasteiger partial charge in [-0.05, 0) is 11.6 Å². The Morgan fingerprint density at radius 1 is 1.25 bits per heavy atom. The maximum atomic E-state index is 9.72. The number of aliphatic hydroxyl groups is 2. The zero-order valence-electron chi connectivity index (χ0n) is 13.4. The normalized spacial score (nSPS) is 21.2. The van der Waals surface area contributed by atoms with Crippen LogP contribution in [0.2, 0.25) is 0 Å². The smallest absolute Gasteiger partial charge is 0.104 e. The minimum absolute atomic E-state index is 0.00767. The van der Waals surface area contributed by atoms with E-state index in [1.807, 2.05) is 23.6 Å². The van der Waals surface area contributed by atoms with Crippen LogP contribution in [0.1, 0.15) is 22.0 Å². The highest BCUT2D eigenvalue weighted by atomic mass is 32.1. The summed E-state index contributed by atoms with van der Waals surface area (Å²) in [5.74, 6) is 5.62. The molecule has 3 rings (SSSR count). The highest BCUT2D eigenvalue weighted by Gasteiger charge is 2.33. The lowest BCUT2D eigenvalue weighted by molar-refractivity contribution is -0.0957. The predicted molar refractivity (Wildman–Crippen MR) is 94.7 cm³/mol. The van der Waals surface area contributed by atoms with Gasteiger partial charge in [-0.25, -0.2) is 0 Å². The molecule has 1 fully saturated rings. The Labute approximate surface area is 146 Å². The highest BCUT2D eigenvalue weighted by molar-refractivity contribution is 7.10. The van der Waals surface area contributed by atoms with E-state index in [4.69, 9.17) is 9.84 Å². The molecule has 2 heterocycles. The molecule has 2 aromatic rings. The molecular formula is C19H21NO3S. The van der Waals surface area contributed by atoms with Crippen molar-refractivity contribution in [2.24, 2.45) is 0 Å². The fourth-order valence-corrected chi connectivity index (χ4v) is 3.90. The first kappa shape index (κ1) is 17.2. The second-order valence-electron chi connectivity index (χ2n) is 5.68. The fourth-order valence-electron chi connectivity index (χ4n) is 3.06. The number of aliphatic hydroxyl groups excluding tert-OH is 2. The molecule has 5 heteroatoms. The first-order chi connectivity index (χ1) is 11.8. The summed E-state index contributed by atoms with van der Waals surface area (Å²) in [6.45, 7) is 2.13. The van der Waals surface area contributed by atoms with E-state index < -0.39 is 0 Å². The minimum atomic E-state index is -0.213. The van der Waals surface area contributed by atoms with Crippen molar-refractivity contribution in [1.29, 1.82) is 0 Å². The van der Waals surface area contributed by atoms with Gasteiger partial charge in [-0.3, -0.25) is 4.90 Å². The Kier molecular flexibility index (Phi) is 6.02. The first-order valence-electron chi connectivity index (χ1n) is 8.00. The number of morpholine rings is 1. The van der Waals surface area contributed by atoms with Crippen molar-refractivity contribution in [3.8, 4) is 11.8 Å². The molecule has 0 bridgehead atoms. The van der Waals surface area contributed by atoms with Gasteiger partial charge in [-0.2, -0.15) is 0 Å². The summed E-state index contributed by atoms with van der Waals surface area (Å²) >= 11 is 1.67. The third-order valence-corrected chi connectivity index (χ3v) is 5.02. The molecule has 0 saturated carbocycles. The number of benzene rings is 1. The summed E-state index contributed by atoms with van der Waals surface area (Å²) in [4.78, 5) is 3.58. The van der Waals surface area contributed by atoms with E-state index in [0.717, 1.165) is 24.2 Å². The van der Waals surface area contributed by atoms with Crippen LogP contribution in [-0.2, 0) is 11.3 Å². The van der Waals surface area contributed by atoms with Crippen LogP contribution in [0.3, 0.4) is 0 Å². The summed E-state index contributed by atoms with van der Waals surface area (Å²) in [6.07, 6.45) is -0.213. The average molecular weight is 343 g/mol. The van der Waals surface area contributed by atoms with Crippen molar-refractivity contribution in [3.63, 3.8) is 0 Å². The van der Waals surface area contributed by atoms with Crippen molar-refractivity contribution in [1.82, 2.24) is 4.90 Å². The Balaban J connectivity index is 1.80. The number of rotatable bonds is 4. The van der Waals surface area contributed by atoms with E-state index in [1.165, 1.54) is 4.88 Å². The molecule has 2 atom stereocenters. The van der Waals surface area contributed by atoms with Gasteiger partial charge in [0.2, 0.25) is 0 Å². The zero-order chi connectivity index (χ0) is 16.8. The Bertz CT molecular complexity index is 704. The lowest BCUT2D eigenvalue weighted by atomic mass is 9.98. The summed E-state index contributed by atoms with van der Waals surface area (Å²) in [5, 5.41) is 20.5. The van der Waals surface area contributed by atoms with Crippen LogP contribution in [0.15, 0.2) is 41.8 Å². The third-order valence-electron chi connectivity index (χ3n) is 4.10. The Hall–Kier alpha value is -1.68. The maximum Gasteiger partial charge on any atom is 0.104 e. The van der Waals surface area contributed by atoms with Gasteiger partial charge in [0.15, 0.2) is 0 Å². The predicted octanol–water partition coefficient (Wildman–Crippen LogP) is 2.03. The average Bonchev–Trinajstić information content (AvgIpc) is 3.07. The van der Waals surface area contributed by atoms with Crippen LogP contribution in [0.4, 0.5) is 0 Å². The Morgan fingerprint density at radius 3 is 2.83 bits per heavy atom. The van der Waals surface area contributed by atoms with Crippen molar-refractivity contribution < 1.29 is 14.9 Å². The van der Waals surface area contributed by atoms with E-state index in [-0.39, 0.29) is 25.4 Å². The molecule has 24 heavy (non-hydrogen) atoms. The van der Waals surface area contributed by atoms with E-state index >= 15 is 0 Å². The molecule has 1 aliphatic heterocycles. The van der Waals surface area contributed by atoms with Crippen molar-refractivity contribution in [2.45, 2.75) is 18.7 Å². The fraction of sp³-hybridized carbons (Fsp3) is 0.368. The second-order valence-corrected chi connectivity index (χ2v) is 6.68. The van der Waals surface area contributed by atoms with Crippen LogP contribution >= 0.6 is 11.3 Å². The maximum absolute atomic E-state index is 9.72. The first-order valence-corrected chi connectivity index (χ1v) is 8.88. The number of hydrogen-bond donors (Lipinski definition) is 2. The van der Waals surface area contributed by atoms with Gasteiger partial charge in [-0.1, -0.05) is 42.2 Å². The number of hydrogen-bond acceptors (Lipinski definition) is 5. The van der Waals surface area contributed by atoms with Gasteiger partial charge in [-0.15, -0.1) is 11.3 Å². The summed E-state index contributed by atoms with van der Waals surface area (Å²) < 4.78 is 5.78. The van der Waals surface area contributed by atoms with Gasteiger partial charge < -0.3 is 14.9 Å². The molecule has 2 N–H and O–H groups in total. The summed E-state index contributed by atoms with van der Waals surface area (Å²) in [5.41, 5.74) is 2.10. The van der Waals surface area contributed by atoms with E-state index in [9.17, 15) is 5.11 Å². The van der Waals surface area contributed by atoms with Gasteiger partial charge in [0.25, 0.3) is 0 Å². The van der Waals surface area contributed by atoms with E-state index in [0.29, 0.717) is 6.61 Å². The van der Waals surface area contributed by atoms with Gasteiger partial charge in [0, 0.05) is 28.9 Å². The molecule has 0 amide bonds. The van der Waals surface area contributed by atoms with Crippen LogP contribution in [0.5, 0.6) is 0 Å². The Morgan fingerprint density at radius 2 is 2.08 bits per heavy atom. The number of nitrogens with zero attached hydrogens (tertiary/aromatic N) is 1. The summed E-state index contributed by atoms with van der Waals surface area (Å²) in [6, 6.07) is 12.3. The monoisotopic (exact) mass is 343 g/mol. The van der Waals surface area contributed by atoms with Crippen molar-refractivity contribution >= 4 is 11.3 Å². The van der Waals surface area contributed by atoms with Crippen LogP contribution in [-0.4, -0.2) is 47.6 Å². The van der Waals surface area contributed by atoms with Crippen LogP contribution in [0.25, 0.3) is 0 Å². The molecular weight excluding hydrogens is 322 g/mol. The molecule has 1 saturated heterocycles. The van der Waals surface area contributed by atoms with E-state index in [1.54, 1.807) is 11.3 Å². The quantitative estimate of drug-likeness (QED) is 0.834. The molecule has 0 spiro atoms. The standard InChI is InChI=1S/C19H21NO3S/c21-9-4-5-15-11-17(24-14-15)12-20-8-10-23-18(13-22)19(20)16-6-2-1-3-7-16/h1-3,6-7,11,14,18-19,21-22H,8-10,12-13H2/t18-,19-/m1/s1. The molecule has 0 aliphatic carbocycles. The van der Waals surface area contributed by atoms with E-state index in [2.05, 4.69) is 34.9 Å². The molecule has 1 aromatic carbocycles. The molecule has 0 unspecified atom stereocenters. The van der Waals surface area contributed by atoms with Crippen molar-refractivity contribution in [3.05, 3.63) is 57.8 Å². The van der Waals surface area contributed by atoms with Gasteiger partial charge in [0.05, 0.1) is 19.3 Å². The van der Waals surface area contributed by atoms with Gasteiger partial charge >= 0.3 is 0 Å². The molecule has 1 aliphatic rings. The molecule has 1 aromatic heterocycles. The topological polar surface area (TPSA) is 52.9 Å². The van der Waals surface area contributed by atoms with Crippen LogP contribution < -0.4 is 0 Å². The third kappa shape index (κ3) is 4.04. The molecule has 0 radical (unpaired) electrons. The molecule has 4 nitrogen and oxygen atoms in total. The van der Waals surface area contributed by atoms with Gasteiger partial charge in [0.1, 0.15) is 12.7 Å². The lowest BCUT2D eigenvalue weighted by Gasteiger charge is -2.40. The lowest BCUT2D eigenvalue weighted by Crippen LogP contribution is -2.46. The zero-order valence-corrected chi connectivity index (χ0v) is 14.2. The summed E-state index contributed by atoms with van der Waals surface area (Å²) in [7, 11) is 0. The second kappa shape index (κ2) is 8.43. The molecule has 126 valence electrons.